The first-order valence-corrected chi connectivity index (χ1v) is 6.05. The zero-order valence-electron chi connectivity index (χ0n) is 10.7. The van der Waals surface area contributed by atoms with Crippen molar-refractivity contribution in [1.29, 1.82) is 0 Å². The van der Waals surface area contributed by atoms with Crippen LogP contribution >= 0.6 is 0 Å². The first-order valence-electron chi connectivity index (χ1n) is 6.05. The van der Waals surface area contributed by atoms with Gasteiger partial charge in [-0.15, -0.1) is 0 Å². The van der Waals surface area contributed by atoms with E-state index in [1.807, 2.05) is 0 Å². The predicted octanol–water partition coefficient (Wildman–Crippen LogP) is 3.06. The van der Waals surface area contributed by atoms with E-state index >= 15 is 0 Å². The number of furan rings is 1. The summed E-state index contributed by atoms with van der Waals surface area (Å²) in [6.45, 7) is 0. The van der Waals surface area contributed by atoms with Gasteiger partial charge < -0.3 is 14.3 Å². The van der Waals surface area contributed by atoms with E-state index in [9.17, 15) is 9.50 Å². The molecule has 3 rings (SSSR count). The minimum absolute atomic E-state index is 0.142. The van der Waals surface area contributed by atoms with E-state index in [-0.39, 0.29) is 11.3 Å². The lowest BCUT2D eigenvalue weighted by Gasteiger charge is -2.07. The molecule has 0 fully saturated rings. The summed E-state index contributed by atoms with van der Waals surface area (Å²) >= 11 is 0. The molecule has 102 valence electrons. The minimum Gasteiger partial charge on any atom is -0.481 e. The van der Waals surface area contributed by atoms with Crippen LogP contribution in [0.1, 0.15) is 17.4 Å². The van der Waals surface area contributed by atoms with Crippen LogP contribution in [-0.4, -0.2) is 17.2 Å². The smallest absolute Gasteiger partial charge is 0.212 e. The number of aromatic nitrogens is 1. The summed E-state index contributed by atoms with van der Waals surface area (Å²) in [5, 5.41) is 10.9. The summed E-state index contributed by atoms with van der Waals surface area (Å²) < 4.78 is 23.9. The van der Waals surface area contributed by atoms with Crippen LogP contribution in [0.3, 0.4) is 0 Å². The van der Waals surface area contributed by atoms with Crippen molar-refractivity contribution in [3.8, 4) is 5.88 Å². The highest BCUT2D eigenvalue weighted by Gasteiger charge is 2.17. The Morgan fingerprint density at radius 3 is 2.80 bits per heavy atom. The van der Waals surface area contributed by atoms with E-state index in [1.54, 1.807) is 30.3 Å². The predicted molar refractivity (Wildman–Crippen MR) is 71.0 cm³/mol. The van der Waals surface area contributed by atoms with Crippen LogP contribution in [0.15, 0.2) is 47.0 Å². The van der Waals surface area contributed by atoms with Gasteiger partial charge in [0.1, 0.15) is 11.9 Å². The van der Waals surface area contributed by atoms with Gasteiger partial charge in [0, 0.05) is 23.2 Å². The second-order valence-corrected chi connectivity index (χ2v) is 4.34. The Hall–Kier alpha value is -2.40. The van der Waals surface area contributed by atoms with Crippen molar-refractivity contribution in [2.75, 3.05) is 7.11 Å². The number of aliphatic hydroxyl groups excluding tert-OH is 1. The fraction of sp³-hybridized carbons (Fsp3) is 0.133. The van der Waals surface area contributed by atoms with Crippen molar-refractivity contribution in [2.45, 2.75) is 6.10 Å². The van der Waals surface area contributed by atoms with Gasteiger partial charge in [-0.05, 0) is 18.2 Å². The molecule has 0 amide bonds. The van der Waals surface area contributed by atoms with Gasteiger partial charge in [0.25, 0.3) is 0 Å². The highest BCUT2D eigenvalue weighted by molar-refractivity contribution is 5.78. The molecule has 1 atom stereocenters. The lowest BCUT2D eigenvalue weighted by atomic mass is 10.1. The molecule has 3 aromatic rings. The summed E-state index contributed by atoms with van der Waals surface area (Å²) in [7, 11) is 1.51. The minimum atomic E-state index is -1.000. The third kappa shape index (κ3) is 2.12. The maximum atomic E-state index is 13.6. The number of para-hydroxylation sites is 1. The van der Waals surface area contributed by atoms with Crippen molar-refractivity contribution in [2.24, 2.45) is 0 Å². The summed E-state index contributed by atoms with van der Waals surface area (Å²) in [5.41, 5.74) is 0.688. The van der Waals surface area contributed by atoms with E-state index in [0.29, 0.717) is 16.8 Å². The first kappa shape index (κ1) is 12.6. The summed E-state index contributed by atoms with van der Waals surface area (Å²) in [6, 6.07) is 9.58. The van der Waals surface area contributed by atoms with Crippen LogP contribution < -0.4 is 4.74 Å². The van der Waals surface area contributed by atoms with Gasteiger partial charge in [-0.2, -0.15) is 0 Å². The number of benzene rings is 1. The van der Waals surface area contributed by atoms with Crippen molar-refractivity contribution in [3.05, 3.63) is 59.7 Å². The molecule has 2 heterocycles. The number of halogens is 1. The average molecular weight is 273 g/mol. The Bertz CT molecular complexity index is 736. The number of rotatable bonds is 3. The quantitative estimate of drug-likeness (QED) is 0.796. The standard InChI is InChI=1S/C15H12FNO3/c1-19-13-6-5-10(8-17-13)14(18)12-7-9-3-2-4-11(16)15(9)20-12/h2-8,14,18H,1H3. The second kappa shape index (κ2) is 4.94. The van der Waals surface area contributed by atoms with E-state index < -0.39 is 11.9 Å². The van der Waals surface area contributed by atoms with Crippen molar-refractivity contribution < 1.29 is 18.7 Å². The van der Waals surface area contributed by atoms with E-state index in [0.717, 1.165) is 0 Å². The number of hydrogen-bond donors (Lipinski definition) is 1. The highest BCUT2D eigenvalue weighted by Crippen LogP contribution is 2.29. The molecule has 4 nitrogen and oxygen atoms in total. The van der Waals surface area contributed by atoms with E-state index in [2.05, 4.69) is 4.98 Å². The molecule has 0 aliphatic heterocycles. The van der Waals surface area contributed by atoms with Crippen LogP contribution in [0.2, 0.25) is 0 Å². The van der Waals surface area contributed by atoms with Gasteiger partial charge in [-0.1, -0.05) is 12.1 Å². The van der Waals surface area contributed by atoms with Crippen LogP contribution in [0, 0.1) is 5.82 Å². The molecule has 0 aliphatic carbocycles. The zero-order valence-corrected chi connectivity index (χ0v) is 10.7. The number of fused-ring (bicyclic) bond motifs is 1. The van der Waals surface area contributed by atoms with Crippen LogP contribution in [0.4, 0.5) is 4.39 Å². The van der Waals surface area contributed by atoms with Gasteiger partial charge in [0.2, 0.25) is 5.88 Å². The first-order chi connectivity index (χ1) is 9.69. The van der Waals surface area contributed by atoms with Crippen LogP contribution in [0.25, 0.3) is 11.0 Å². The zero-order chi connectivity index (χ0) is 14.1. The van der Waals surface area contributed by atoms with Crippen molar-refractivity contribution >= 4 is 11.0 Å². The Balaban J connectivity index is 1.98. The summed E-state index contributed by atoms with van der Waals surface area (Å²) in [6.07, 6.45) is 0.493. The molecule has 0 spiro atoms. The number of methoxy groups -OCH3 is 1. The molecule has 20 heavy (non-hydrogen) atoms. The van der Waals surface area contributed by atoms with Crippen LogP contribution in [-0.2, 0) is 0 Å². The van der Waals surface area contributed by atoms with Gasteiger partial charge in [0.15, 0.2) is 11.4 Å². The monoisotopic (exact) mass is 273 g/mol. The van der Waals surface area contributed by atoms with Gasteiger partial charge >= 0.3 is 0 Å². The van der Waals surface area contributed by atoms with Gasteiger partial charge in [-0.3, -0.25) is 0 Å². The van der Waals surface area contributed by atoms with E-state index in [1.165, 1.54) is 19.4 Å². The largest absolute Gasteiger partial charge is 0.481 e. The molecule has 1 aromatic carbocycles. The van der Waals surface area contributed by atoms with Crippen molar-refractivity contribution in [1.82, 2.24) is 4.98 Å². The molecule has 1 N–H and O–H groups in total. The maximum Gasteiger partial charge on any atom is 0.212 e. The third-order valence-corrected chi connectivity index (χ3v) is 3.07. The molecule has 0 bridgehead atoms. The molecule has 0 aliphatic rings. The summed E-state index contributed by atoms with van der Waals surface area (Å²) in [5.74, 6) is 0.280. The van der Waals surface area contributed by atoms with Gasteiger partial charge in [-0.25, -0.2) is 9.37 Å². The Labute approximate surface area is 114 Å². The topological polar surface area (TPSA) is 55.5 Å². The maximum absolute atomic E-state index is 13.6. The number of aliphatic hydroxyl groups is 1. The van der Waals surface area contributed by atoms with Crippen molar-refractivity contribution in [3.63, 3.8) is 0 Å². The lowest BCUT2D eigenvalue weighted by molar-refractivity contribution is 0.191. The fourth-order valence-corrected chi connectivity index (χ4v) is 2.02. The number of nitrogens with zero attached hydrogens (tertiary/aromatic N) is 1. The molecular formula is C15H12FNO3. The molecular weight excluding hydrogens is 261 g/mol. The fourth-order valence-electron chi connectivity index (χ4n) is 2.02. The average Bonchev–Trinajstić information content (AvgIpc) is 2.92. The number of hydrogen-bond acceptors (Lipinski definition) is 4. The molecule has 0 saturated heterocycles. The summed E-state index contributed by atoms with van der Waals surface area (Å²) in [4.78, 5) is 4.02. The Kier molecular flexibility index (Phi) is 3.12. The molecule has 1 unspecified atom stereocenters. The number of pyridine rings is 1. The normalized spacial score (nSPS) is 12.6. The molecule has 0 saturated carbocycles. The van der Waals surface area contributed by atoms with Gasteiger partial charge in [0.05, 0.1) is 7.11 Å². The Morgan fingerprint density at radius 1 is 1.30 bits per heavy atom. The van der Waals surface area contributed by atoms with Crippen LogP contribution in [0.5, 0.6) is 5.88 Å². The number of ether oxygens (including phenoxy) is 1. The lowest BCUT2D eigenvalue weighted by Crippen LogP contribution is -1.99. The SMILES string of the molecule is COc1ccc(C(O)c2cc3cccc(F)c3o2)cn1. The molecule has 5 heteroatoms. The molecule has 0 radical (unpaired) electrons. The van der Waals surface area contributed by atoms with E-state index in [4.69, 9.17) is 9.15 Å². The highest BCUT2D eigenvalue weighted by atomic mass is 19.1. The molecule has 2 aromatic heterocycles. The Morgan fingerprint density at radius 2 is 2.15 bits per heavy atom. The second-order valence-electron chi connectivity index (χ2n) is 4.34. The third-order valence-electron chi connectivity index (χ3n) is 3.07.